The van der Waals surface area contributed by atoms with E-state index in [1.165, 1.54) is 18.4 Å². The predicted molar refractivity (Wildman–Crippen MR) is 79.5 cm³/mol. The van der Waals surface area contributed by atoms with Crippen LogP contribution in [0.3, 0.4) is 0 Å². The van der Waals surface area contributed by atoms with Crippen molar-refractivity contribution in [2.24, 2.45) is 0 Å². The van der Waals surface area contributed by atoms with Crippen LogP contribution in [0.5, 0.6) is 0 Å². The van der Waals surface area contributed by atoms with Gasteiger partial charge in [0.05, 0.1) is 0 Å². The Balaban J connectivity index is 1.69. The number of aliphatic hydroxyl groups excluding tert-OH is 1. The Kier molecular flexibility index (Phi) is 6.11. The van der Waals surface area contributed by atoms with Crippen molar-refractivity contribution in [1.29, 1.82) is 0 Å². The molecule has 0 unspecified atom stereocenters. The molecule has 0 aliphatic carbocycles. The zero-order valence-corrected chi connectivity index (χ0v) is 12.1. The number of nitrogens with zero attached hydrogens (tertiary/aromatic N) is 1. The van der Waals surface area contributed by atoms with Gasteiger partial charge >= 0.3 is 0 Å². The fourth-order valence-electron chi connectivity index (χ4n) is 2.53. The van der Waals surface area contributed by atoms with Crippen LogP contribution in [0, 0.1) is 0 Å². The van der Waals surface area contributed by atoms with Crippen molar-refractivity contribution in [3.63, 3.8) is 0 Å². The van der Waals surface area contributed by atoms with Crippen molar-refractivity contribution in [3.8, 4) is 0 Å². The molecule has 0 radical (unpaired) electrons. The van der Waals surface area contributed by atoms with Crippen molar-refractivity contribution in [2.75, 3.05) is 26.2 Å². The molecule has 1 fully saturated rings. The maximum atomic E-state index is 8.76. The van der Waals surface area contributed by atoms with Gasteiger partial charge in [-0.1, -0.05) is 23.7 Å². The Morgan fingerprint density at radius 1 is 1.21 bits per heavy atom. The summed E-state index contributed by atoms with van der Waals surface area (Å²) in [6, 6.07) is 8.75. The quantitative estimate of drug-likeness (QED) is 0.786. The molecule has 2 N–H and O–H groups in total. The van der Waals surface area contributed by atoms with Crippen LogP contribution in [0.15, 0.2) is 24.3 Å². The standard InChI is InChI=1S/C15H23ClN2O/c16-14-4-2-13(3-5-14)12-18-9-6-15(7-10-18)17-8-1-11-19/h2-5,15,17,19H,1,6-12H2. The van der Waals surface area contributed by atoms with Gasteiger partial charge in [0.25, 0.3) is 0 Å². The van der Waals surface area contributed by atoms with Crippen molar-refractivity contribution in [3.05, 3.63) is 34.9 Å². The smallest absolute Gasteiger partial charge is 0.0443 e. The molecular weight excluding hydrogens is 260 g/mol. The maximum absolute atomic E-state index is 8.76. The van der Waals surface area contributed by atoms with Gasteiger partial charge in [-0.3, -0.25) is 4.90 Å². The van der Waals surface area contributed by atoms with Gasteiger partial charge in [0.2, 0.25) is 0 Å². The normalized spacial score (nSPS) is 17.8. The van der Waals surface area contributed by atoms with Gasteiger partial charge < -0.3 is 10.4 Å². The SMILES string of the molecule is OCCCNC1CCN(Cc2ccc(Cl)cc2)CC1. The number of hydrogen-bond acceptors (Lipinski definition) is 3. The number of likely N-dealkylation sites (tertiary alicyclic amines) is 1. The lowest BCUT2D eigenvalue weighted by Gasteiger charge is -2.32. The summed E-state index contributed by atoms with van der Waals surface area (Å²) in [4.78, 5) is 2.49. The van der Waals surface area contributed by atoms with E-state index >= 15 is 0 Å². The molecule has 1 aromatic carbocycles. The van der Waals surface area contributed by atoms with Crippen LogP contribution in [0.4, 0.5) is 0 Å². The van der Waals surface area contributed by atoms with Crippen LogP contribution in [0.25, 0.3) is 0 Å². The number of nitrogens with one attached hydrogen (secondary N) is 1. The van der Waals surface area contributed by atoms with Crippen LogP contribution in [-0.4, -0.2) is 42.3 Å². The second kappa shape index (κ2) is 7.85. The molecule has 1 aliphatic heterocycles. The molecule has 0 saturated carbocycles. The van der Waals surface area contributed by atoms with E-state index in [1.54, 1.807) is 0 Å². The van der Waals surface area contributed by atoms with Gasteiger partial charge in [-0.2, -0.15) is 0 Å². The van der Waals surface area contributed by atoms with Gasteiger partial charge in [0.15, 0.2) is 0 Å². The first-order chi connectivity index (χ1) is 9.28. The van der Waals surface area contributed by atoms with E-state index in [9.17, 15) is 0 Å². The first kappa shape index (κ1) is 14.8. The molecule has 1 aliphatic rings. The van der Waals surface area contributed by atoms with Gasteiger partial charge in [0, 0.05) is 24.2 Å². The van der Waals surface area contributed by atoms with Crippen LogP contribution >= 0.6 is 11.6 Å². The van der Waals surface area contributed by atoms with Gasteiger partial charge in [-0.05, 0) is 56.6 Å². The maximum Gasteiger partial charge on any atom is 0.0443 e. The van der Waals surface area contributed by atoms with Crippen LogP contribution in [0.1, 0.15) is 24.8 Å². The minimum atomic E-state index is 0.280. The Labute approximate surface area is 120 Å². The van der Waals surface area contributed by atoms with Gasteiger partial charge in [-0.25, -0.2) is 0 Å². The van der Waals surface area contributed by atoms with E-state index in [4.69, 9.17) is 16.7 Å². The minimum Gasteiger partial charge on any atom is -0.396 e. The number of aliphatic hydroxyl groups is 1. The highest BCUT2D eigenvalue weighted by atomic mass is 35.5. The van der Waals surface area contributed by atoms with Crippen molar-refractivity contribution in [1.82, 2.24) is 10.2 Å². The van der Waals surface area contributed by atoms with E-state index in [2.05, 4.69) is 22.3 Å². The number of piperidine rings is 1. The van der Waals surface area contributed by atoms with Crippen molar-refractivity contribution < 1.29 is 5.11 Å². The minimum absolute atomic E-state index is 0.280. The summed E-state index contributed by atoms with van der Waals surface area (Å²) in [5.41, 5.74) is 1.33. The van der Waals surface area contributed by atoms with Crippen LogP contribution < -0.4 is 5.32 Å². The van der Waals surface area contributed by atoms with E-state index < -0.39 is 0 Å². The van der Waals surface area contributed by atoms with Crippen LogP contribution in [-0.2, 0) is 6.54 Å². The molecule has 0 atom stereocenters. The number of benzene rings is 1. The fourth-order valence-corrected chi connectivity index (χ4v) is 2.65. The van der Waals surface area contributed by atoms with Crippen molar-refractivity contribution >= 4 is 11.6 Å². The lowest BCUT2D eigenvalue weighted by atomic mass is 10.0. The first-order valence-corrected chi connectivity index (χ1v) is 7.47. The fraction of sp³-hybridized carbons (Fsp3) is 0.600. The van der Waals surface area contributed by atoms with Gasteiger partial charge in [-0.15, -0.1) is 0 Å². The number of rotatable bonds is 6. The second-order valence-corrected chi connectivity index (χ2v) is 5.64. The predicted octanol–water partition coefficient (Wildman–Crippen LogP) is 2.28. The molecule has 1 heterocycles. The summed E-state index contributed by atoms with van der Waals surface area (Å²) in [6.45, 7) is 4.50. The van der Waals surface area contributed by atoms with E-state index in [0.29, 0.717) is 6.04 Å². The third kappa shape index (κ3) is 5.11. The third-order valence-corrected chi connectivity index (χ3v) is 3.93. The number of halogens is 1. The molecule has 0 amide bonds. The molecule has 3 nitrogen and oxygen atoms in total. The van der Waals surface area contributed by atoms with E-state index in [1.807, 2.05) is 12.1 Å². The lowest BCUT2D eigenvalue weighted by molar-refractivity contribution is 0.188. The summed E-state index contributed by atoms with van der Waals surface area (Å²) >= 11 is 5.89. The van der Waals surface area contributed by atoms with E-state index in [-0.39, 0.29) is 6.61 Å². The molecule has 0 spiro atoms. The Bertz CT molecular complexity index is 361. The average molecular weight is 283 g/mol. The molecular formula is C15H23ClN2O. The Morgan fingerprint density at radius 3 is 2.53 bits per heavy atom. The lowest BCUT2D eigenvalue weighted by Crippen LogP contribution is -2.42. The average Bonchev–Trinajstić information content (AvgIpc) is 2.44. The highest BCUT2D eigenvalue weighted by Crippen LogP contribution is 2.15. The summed E-state index contributed by atoms with van der Waals surface area (Å²) in [5, 5.41) is 13.1. The third-order valence-electron chi connectivity index (χ3n) is 3.67. The topological polar surface area (TPSA) is 35.5 Å². The molecule has 0 bridgehead atoms. The molecule has 0 aromatic heterocycles. The monoisotopic (exact) mass is 282 g/mol. The summed E-state index contributed by atoms with van der Waals surface area (Å²) in [5.74, 6) is 0. The molecule has 2 rings (SSSR count). The number of hydrogen-bond donors (Lipinski definition) is 2. The van der Waals surface area contributed by atoms with E-state index in [0.717, 1.165) is 37.6 Å². The largest absolute Gasteiger partial charge is 0.396 e. The summed E-state index contributed by atoms with van der Waals surface area (Å²) < 4.78 is 0. The van der Waals surface area contributed by atoms with Crippen molar-refractivity contribution in [2.45, 2.75) is 31.8 Å². The second-order valence-electron chi connectivity index (χ2n) is 5.21. The summed E-state index contributed by atoms with van der Waals surface area (Å²) in [7, 11) is 0. The molecule has 106 valence electrons. The highest BCUT2D eigenvalue weighted by Gasteiger charge is 2.18. The zero-order chi connectivity index (χ0) is 13.5. The zero-order valence-electron chi connectivity index (χ0n) is 11.3. The van der Waals surface area contributed by atoms with Gasteiger partial charge in [0.1, 0.15) is 0 Å². The molecule has 1 aromatic rings. The molecule has 1 saturated heterocycles. The molecule has 19 heavy (non-hydrogen) atoms. The Morgan fingerprint density at radius 2 is 1.89 bits per heavy atom. The highest BCUT2D eigenvalue weighted by molar-refractivity contribution is 6.30. The summed E-state index contributed by atoms with van der Waals surface area (Å²) in [6.07, 6.45) is 3.24. The molecule has 4 heteroatoms. The van der Waals surface area contributed by atoms with Crippen LogP contribution in [0.2, 0.25) is 5.02 Å². The first-order valence-electron chi connectivity index (χ1n) is 7.09. The Hall–Kier alpha value is -0.610.